The van der Waals surface area contributed by atoms with E-state index in [1.807, 2.05) is 6.08 Å². The first kappa shape index (κ1) is 13.9. The van der Waals surface area contributed by atoms with Crippen LogP contribution in [-0.4, -0.2) is 48.5 Å². The summed E-state index contributed by atoms with van der Waals surface area (Å²) in [6.07, 6.45) is 6.64. The molecule has 0 unspecified atom stereocenters. The number of aliphatic hydroxyl groups excluding tert-OH is 1. The van der Waals surface area contributed by atoms with E-state index in [4.69, 9.17) is 14.6 Å². The molecule has 0 aromatic heterocycles. The van der Waals surface area contributed by atoms with E-state index < -0.39 is 0 Å². The molecule has 0 bridgehead atoms. The molecule has 1 N–H and O–H groups in total. The zero-order chi connectivity index (χ0) is 13.9. The average molecular weight is 281 g/mol. The molecule has 20 heavy (non-hydrogen) atoms. The van der Waals surface area contributed by atoms with Crippen molar-refractivity contribution in [2.24, 2.45) is 11.8 Å². The van der Waals surface area contributed by atoms with Gasteiger partial charge in [0.1, 0.15) is 0 Å². The number of aliphatic hydroxyl groups is 1. The number of nitrogens with zero attached hydrogens (tertiary/aromatic N) is 1. The molecular weight excluding hydrogens is 258 g/mol. The first-order valence-electron chi connectivity index (χ1n) is 7.68. The first-order chi connectivity index (χ1) is 9.78. The second-order valence-electron chi connectivity index (χ2n) is 5.91. The van der Waals surface area contributed by atoms with E-state index in [9.17, 15) is 4.79 Å². The molecule has 3 rings (SSSR count). The summed E-state index contributed by atoms with van der Waals surface area (Å²) in [5.74, 6) is 1.63. The van der Waals surface area contributed by atoms with Gasteiger partial charge in [-0.05, 0) is 43.6 Å². The summed E-state index contributed by atoms with van der Waals surface area (Å²) >= 11 is 0. The van der Waals surface area contributed by atoms with Gasteiger partial charge in [0, 0.05) is 26.1 Å². The van der Waals surface area contributed by atoms with Crippen molar-refractivity contribution < 1.29 is 19.4 Å². The topological polar surface area (TPSA) is 58.8 Å². The van der Waals surface area contributed by atoms with E-state index in [2.05, 4.69) is 0 Å². The van der Waals surface area contributed by atoms with Gasteiger partial charge in [0.15, 0.2) is 5.76 Å². The predicted molar refractivity (Wildman–Crippen MR) is 72.6 cm³/mol. The van der Waals surface area contributed by atoms with Crippen LogP contribution in [0.25, 0.3) is 0 Å². The molecule has 1 aliphatic carbocycles. The van der Waals surface area contributed by atoms with E-state index in [0.717, 1.165) is 32.4 Å². The Balaban J connectivity index is 1.56. The number of hydrogen-bond acceptors (Lipinski definition) is 4. The SMILES string of the molecule is O=C(C1=C[C@@H](C2CC2)C[C@@H](OCCCCO)O1)N1CC1. The van der Waals surface area contributed by atoms with Crippen molar-refractivity contribution in [1.82, 2.24) is 4.90 Å². The summed E-state index contributed by atoms with van der Waals surface area (Å²) in [6, 6.07) is 0. The van der Waals surface area contributed by atoms with Crippen LogP contribution in [-0.2, 0) is 14.3 Å². The second kappa shape index (κ2) is 6.14. The molecule has 0 spiro atoms. The largest absolute Gasteiger partial charge is 0.459 e. The number of carbonyl (C=O) groups is 1. The summed E-state index contributed by atoms with van der Waals surface area (Å²) in [7, 11) is 0. The predicted octanol–water partition coefficient (Wildman–Crippen LogP) is 1.27. The van der Waals surface area contributed by atoms with Gasteiger partial charge in [-0.1, -0.05) is 0 Å². The van der Waals surface area contributed by atoms with Crippen molar-refractivity contribution in [1.29, 1.82) is 0 Å². The summed E-state index contributed by atoms with van der Waals surface area (Å²) in [5.41, 5.74) is 0. The summed E-state index contributed by atoms with van der Waals surface area (Å²) < 4.78 is 11.5. The van der Waals surface area contributed by atoms with Crippen LogP contribution in [0.3, 0.4) is 0 Å². The van der Waals surface area contributed by atoms with Crippen LogP contribution in [0.5, 0.6) is 0 Å². The monoisotopic (exact) mass is 281 g/mol. The first-order valence-corrected chi connectivity index (χ1v) is 7.68. The Hall–Kier alpha value is -1.07. The molecule has 1 saturated carbocycles. The van der Waals surface area contributed by atoms with Gasteiger partial charge in [-0.25, -0.2) is 0 Å². The van der Waals surface area contributed by atoms with Gasteiger partial charge in [-0.3, -0.25) is 4.79 Å². The fraction of sp³-hybridized carbons (Fsp3) is 0.800. The van der Waals surface area contributed by atoms with Crippen LogP contribution in [0.4, 0.5) is 0 Å². The molecule has 5 heteroatoms. The van der Waals surface area contributed by atoms with Crippen LogP contribution in [0.2, 0.25) is 0 Å². The molecule has 2 atom stereocenters. The molecule has 0 aromatic carbocycles. The highest BCUT2D eigenvalue weighted by molar-refractivity contribution is 5.93. The Kier molecular flexibility index (Phi) is 4.27. The second-order valence-corrected chi connectivity index (χ2v) is 5.91. The van der Waals surface area contributed by atoms with Crippen molar-refractivity contribution in [3.63, 3.8) is 0 Å². The maximum absolute atomic E-state index is 12.1. The van der Waals surface area contributed by atoms with Crippen LogP contribution in [0, 0.1) is 11.8 Å². The zero-order valence-corrected chi connectivity index (χ0v) is 11.8. The number of amides is 1. The lowest BCUT2D eigenvalue weighted by molar-refractivity contribution is -0.152. The van der Waals surface area contributed by atoms with Crippen LogP contribution in [0.1, 0.15) is 32.1 Å². The number of allylic oxidation sites excluding steroid dienone is 1. The lowest BCUT2D eigenvalue weighted by Crippen LogP contribution is -2.30. The normalized spacial score (nSPS) is 28.9. The smallest absolute Gasteiger partial charge is 0.288 e. The number of ether oxygens (including phenoxy) is 2. The molecular formula is C15H23NO4. The van der Waals surface area contributed by atoms with Gasteiger partial charge in [0.2, 0.25) is 6.29 Å². The van der Waals surface area contributed by atoms with Crippen molar-refractivity contribution in [3.05, 3.63) is 11.8 Å². The van der Waals surface area contributed by atoms with Gasteiger partial charge in [-0.2, -0.15) is 0 Å². The highest BCUT2D eigenvalue weighted by Gasteiger charge is 2.39. The van der Waals surface area contributed by atoms with Gasteiger partial charge >= 0.3 is 0 Å². The Morgan fingerprint density at radius 1 is 1.40 bits per heavy atom. The molecule has 2 aliphatic heterocycles. The minimum Gasteiger partial charge on any atom is -0.459 e. The lowest BCUT2D eigenvalue weighted by atomic mass is 9.96. The quantitative estimate of drug-likeness (QED) is 0.564. The Bertz CT molecular complexity index is 387. The average Bonchev–Trinajstić information content (AvgIpc) is 3.33. The van der Waals surface area contributed by atoms with Crippen molar-refractivity contribution in [2.75, 3.05) is 26.3 Å². The molecule has 1 saturated heterocycles. The summed E-state index contributed by atoms with van der Waals surface area (Å²) in [6.45, 7) is 2.46. The fourth-order valence-corrected chi connectivity index (χ4v) is 2.63. The Labute approximate surface area is 119 Å². The van der Waals surface area contributed by atoms with Crippen LogP contribution in [0.15, 0.2) is 11.8 Å². The summed E-state index contributed by atoms with van der Waals surface area (Å²) in [4.78, 5) is 13.9. The van der Waals surface area contributed by atoms with Crippen molar-refractivity contribution in [3.8, 4) is 0 Å². The third-order valence-electron chi connectivity index (χ3n) is 4.12. The van der Waals surface area contributed by atoms with Crippen molar-refractivity contribution in [2.45, 2.75) is 38.4 Å². The van der Waals surface area contributed by atoms with Crippen molar-refractivity contribution >= 4 is 5.91 Å². The van der Waals surface area contributed by atoms with Crippen LogP contribution < -0.4 is 0 Å². The summed E-state index contributed by atoms with van der Waals surface area (Å²) in [5, 5.41) is 8.76. The highest BCUT2D eigenvalue weighted by Crippen LogP contribution is 2.43. The number of unbranched alkanes of at least 4 members (excludes halogenated alkanes) is 1. The lowest BCUT2D eigenvalue weighted by Gasteiger charge is -2.29. The minimum atomic E-state index is -0.303. The van der Waals surface area contributed by atoms with E-state index in [1.54, 1.807) is 4.90 Å². The standard InChI is InChI=1S/C15H23NO4/c17-7-1-2-8-19-14-10-12(11-3-4-11)9-13(20-14)15(18)16-5-6-16/h9,11-12,14,17H,1-8,10H2/t12-,14+/m1/s1. The third kappa shape index (κ3) is 3.52. The van der Waals surface area contributed by atoms with Gasteiger partial charge in [0.25, 0.3) is 5.91 Å². The Morgan fingerprint density at radius 3 is 2.85 bits per heavy atom. The minimum absolute atomic E-state index is 0.0132. The van der Waals surface area contributed by atoms with E-state index in [0.29, 0.717) is 24.2 Å². The maximum Gasteiger partial charge on any atom is 0.288 e. The van der Waals surface area contributed by atoms with E-state index in [-0.39, 0.29) is 18.8 Å². The molecule has 0 aromatic rings. The Morgan fingerprint density at radius 2 is 2.20 bits per heavy atom. The third-order valence-corrected chi connectivity index (χ3v) is 4.12. The van der Waals surface area contributed by atoms with Gasteiger partial charge < -0.3 is 19.5 Å². The molecule has 2 heterocycles. The maximum atomic E-state index is 12.1. The molecule has 5 nitrogen and oxygen atoms in total. The molecule has 3 aliphatic rings. The fourth-order valence-electron chi connectivity index (χ4n) is 2.63. The van der Waals surface area contributed by atoms with Gasteiger partial charge in [0.05, 0.1) is 6.61 Å². The molecule has 2 fully saturated rings. The molecule has 0 radical (unpaired) electrons. The van der Waals surface area contributed by atoms with E-state index >= 15 is 0 Å². The van der Waals surface area contributed by atoms with E-state index in [1.165, 1.54) is 12.8 Å². The highest BCUT2D eigenvalue weighted by atomic mass is 16.7. The number of carbonyl (C=O) groups excluding carboxylic acids is 1. The number of hydrogen-bond donors (Lipinski definition) is 1. The van der Waals surface area contributed by atoms with Gasteiger partial charge in [-0.15, -0.1) is 0 Å². The zero-order valence-electron chi connectivity index (χ0n) is 11.8. The number of rotatable bonds is 7. The molecule has 1 amide bonds. The molecule has 112 valence electrons. The van der Waals surface area contributed by atoms with Crippen LogP contribution >= 0.6 is 0 Å².